The summed E-state index contributed by atoms with van der Waals surface area (Å²) in [5.74, 6) is 0. The molecule has 0 aromatic heterocycles. The first-order valence-electron chi connectivity index (χ1n) is 6.27. The molecule has 1 aliphatic rings. The summed E-state index contributed by atoms with van der Waals surface area (Å²) in [6, 6.07) is 8.09. The number of halogens is 1. The van der Waals surface area contributed by atoms with E-state index in [-0.39, 0.29) is 0 Å². The highest BCUT2D eigenvalue weighted by Gasteiger charge is 2.36. The molecule has 2 nitrogen and oxygen atoms in total. The predicted molar refractivity (Wildman–Crippen MR) is 73.1 cm³/mol. The van der Waals surface area contributed by atoms with Crippen molar-refractivity contribution in [1.82, 2.24) is 4.90 Å². The number of benzene rings is 1. The Kier molecular flexibility index (Phi) is 4.08. The largest absolute Gasteiger partial charge is 0.330 e. The summed E-state index contributed by atoms with van der Waals surface area (Å²) >= 11 is 5.88. The van der Waals surface area contributed by atoms with Crippen molar-refractivity contribution >= 4 is 11.6 Å². The van der Waals surface area contributed by atoms with Crippen LogP contribution in [-0.2, 0) is 6.54 Å². The minimum atomic E-state index is 0.390. The van der Waals surface area contributed by atoms with E-state index in [4.69, 9.17) is 17.3 Å². The molecule has 0 unspecified atom stereocenters. The Morgan fingerprint density at radius 2 is 1.94 bits per heavy atom. The third kappa shape index (κ3) is 3.21. The molecule has 0 saturated heterocycles. The van der Waals surface area contributed by atoms with Gasteiger partial charge in [0, 0.05) is 18.1 Å². The molecule has 1 aliphatic carbocycles. The van der Waals surface area contributed by atoms with Crippen LogP contribution in [0.1, 0.15) is 24.8 Å². The molecule has 0 spiro atoms. The molecule has 1 aromatic carbocycles. The average molecular weight is 253 g/mol. The fourth-order valence-electron chi connectivity index (χ4n) is 2.63. The average Bonchev–Trinajstić information content (AvgIpc) is 2.27. The van der Waals surface area contributed by atoms with Crippen LogP contribution < -0.4 is 5.73 Å². The van der Waals surface area contributed by atoms with Gasteiger partial charge in [0.1, 0.15) is 0 Å². The van der Waals surface area contributed by atoms with Crippen LogP contribution in [0.15, 0.2) is 24.3 Å². The second kappa shape index (κ2) is 5.38. The first kappa shape index (κ1) is 12.9. The van der Waals surface area contributed by atoms with Crippen molar-refractivity contribution in [2.45, 2.75) is 25.8 Å². The van der Waals surface area contributed by atoms with Crippen LogP contribution in [0.5, 0.6) is 0 Å². The number of nitrogens with zero attached hydrogens (tertiary/aromatic N) is 1. The van der Waals surface area contributed by atoms with Crippen molar-refractivity contribution in [2.75, 3.05) is 20.1 Å². The molecule has 2 rings (SSSR count). The van der Waals surface area contributed by atoms with Gasteiger partial charge in [-0.05, 0) is 49.5 Å². The van der Waals surface area contributed by atoms with Gasteiger partial charge in [0.05, 0.1) is 0 Å². The highest BCUT2D eigenvalue weighted by molar-refractivity contribution is 6.30. The van der Waals surface area contributed by atoms with Gasteiger partial charge in [0.2, 0.25) is 0 Å². The molecule has 94 valence electrons. The lowest BCUT2D eigenvalue weighted by molar-refractivity contribution is 0.0845. The van der Waals surface area contributed by atoms with Crippen LogP contribution >= 0.6 is 11.6 Å². The molecular formula is C14H21ClN2. The molecule has 0 radical (unpaired) electrons. The number of rotatable bonds is 5. The van der Waals surface area contributed by atoms with E-state index >= 15 is 0 Å². The molecule has 1 fully saturated rings. The van der Waals surface area contributed by atoms with Crippen LogP contribution in [0.4, 0.5) is 0 Å². The number of hydrogen-bond donors (Lipinski definition) is 1. The van der Waals surface area contributed by atoms with Crippen LogP contribution in [-0.4, -0.2) is 25.0 Å². The van der Waals surface area contributed by atoms with E-state index in [2.05, 4.69) is 24.1 Å². The van der Waals surface area contributed by atoms with Gasteiger partial charge in [-0.1, -0.05) is 30.2 Å². The van der Waals surface area contributed by atoms with Crippen LogP contribution in [0.3, 0.4) is 0 Å². The molecule has 2 N–H and O–H groups in total. The second-order valence-electron chi connectivity index (χ2n) is 5.36. The van der Waals surface area contributed by atoms with Crippen molar-refractivity contribution < 1.29 is 0 Å². The van der Waals surface area contributed by atoms with Gasteiger partial charge < -0.3 is 10.6 Å². The van der Waals surface area contributed by atoms with Crippen molar-refractivity contribution in [2.24, 2.45) is 11.1 Å². The monoisotopic (exact) mass is 252 g/mol. The third-order valence-electron chi connectivity index (χ3n) is 3.82. The summed E-state index contributed by atoms with van der Waals surface area (Å²) in [6.45, 7) is 2.89. The predicted octanol–water partition coefficient (Wildman–Crippen LogP) is 2.90. The van der Waals surface area contributed by atoms with Crippen molar-refractivity contribution in [3.8, 4) is 0 Å². The first-order valence-corrected chi connectivity index (χ1v) is 6.64. The lowest BCUT2D eigenvalue weighted by Crippen LogP contribution is -2.45. The second-order valence-corrected chi connectivity index (χ2v) is 5.79. The Hall–Kier alpha value is -0.570. The SMILES string of the molecule is CN(Cc1ccc(Cl)cc1)CC1(CN)CCC1. The molecule has 0 aliphatic heterocycles. The van der Waals surface area contributed by atoms with Gasteiger partial charge in [-0.15, -0.1) is 0 Å². The maximum Gasteiger partial charge on any atom is 0.0406 e. The molecule has 0 atom stereocenters. The molecule has 1 saturated carbocycles. The van der Waals surface area contributed by atoms with Gasteiger partial charge in [0.25, 0.3) is 0 Å². The topological polar surface area (TPSA) is 29.3 Å². The van der Waals surface area contributed by atoms with E-state index in [1.54, 1.807) is 0 Å². The highest BCUT2D eigenvalue weighted by Crippen LogP contribution is 2.40. The lowest BCUT2D eigenvalue weighted by Gasteiger charge is -2.43. The molecule has 0 heterocycles. The minimum absolute atomic E-state index is 0.390. The Morgan fingerprint density at radius 1 is 1.29 bits per heavy atom. The van der Waals surface area contributed by atoms with Crippen molar-refractivity contribution in [1.29, 1.82) is 0 Å². The Labute approximate surface area is 109 Å². The number of hydrogen-bond acceptors (Lipinski definition) is 2. The Bertz CT molecular complexity index is 351. The summed E-state index contributed by atoms with van der Waals surface area (Å²) in [5, 5.41) is 0.800. The van der Waals surface area contributed by atoms with E-state index in [0.717, 1.165) is 24.7 Å². The zero-order chi connectivity index (χ0) is 12.3. The standard InChI is InChI=1S/C14H21ClN2/c1-17(11-14(10-16)7-2-8-14)9-12-3-5-13(15)6-4-12/h3-6H,2,7-11,16H2,1H3. The quantitative estimate of drug-likeness (QED) is 0.873. The molecule has 1 aromatic rings. The van der Waals surface area contributed by atoms with E-state index in [1.807, 2.05) is 12.1 Å². The van der Waals surface area contributed by atoms with Crippen LogP contribution in [0.25, 0.3) is 0 Å². The molecule has 0 bridgehead atoms. The smallest absolute Gasteiger partial charge is 0.0406 e. The van der Waals surface area contributed by atoms with Crippen LogP contribution in [0.2, 0.25) is 5.02 Å². The summed E-state index contributed by atoms with van der Waals surface area (Å²) < 4.78 is 0. The van der Waals surface area contributed by atoms with E-state index < -0.39 is 0 Å². The molecule has 0 amide bonds. The maximum atomic E-state index is 5.89. The van der Waals surface area contributed by atoms with Gasteiger partial charge in [0.15, 0.2) is 0 Å². The van der Waals surface area contributed by atoms with E-state index in [9.17, 15) is 0 Å². The molecule has 17 heavy (non-hydrogen) atoms. The summed E-state index contributed by atoms with van der Waals surface area (Å²) in [5.41, 5.74) is 7.58. The van der Waals surface area contributed by atoms with E-state index in [1.165, 1.54) is 24.8 Å². The van der Waals surface area contributed by atoms with Crippen molar-refractivity contribution in [3.05, 3.63) is 34.9 Å². The fourth-order valence-corrected chi connectivity index (χ4v) is 2.76. The normalized spacial score (nSPS) is 18.1. The Morgan fingerprint density at radius 3 is 2.41 bits per heavy atom. The fraction of sp³-hybridized carbons (Fsp3) is 0.571. The van der Waals surface area contributed by atoms with Gasteiger partial charge in [-0.3, -0.25) is 0 Å². The lowest BCUT2D eigenvalue weighted by atomic mass is 9.68. The van der Waals surface area contributed by atoms with Crippen molar-refractivity contribution in [3.63, 3.8) is 0 Å². The zero-order valence-corrected chi connectivity index (χ0v) is 11.2. The summed E-state index contributed by atoms with van der Waals surface area (Å²) in [6.07, 6.45) is 3.91. The summed E-state index contributed by atoms with van der Waals surface area (Å²) in [4.78, 5) is 2.37. The van der Waals surface area contributed by atoms with Gasteiger partial charge >= 0.3 is 0 Å². The third-order valence-corrected chi connectivity index (χ3v) is 4.07. The van der Waals surface area contributed by atoms with Gasteiger partial charge in [-0.2, -0.15) is 0 Å². The Balaban J connectivity index is 1.88. The van der Waals surface area contributed by atoms with Crippen LogP contribution in [0, 0.1) is 5.41 Å². The van der Waals surface area contributed by atoms with E-state index in [0.29, 0.717) is 5.41 Å². The highest BCUT2D eigenvalue weighted by atomic mass is 35.5. The minimum Gasteiger partial charge on any atom is -0.330 e. The molecule has 3 heteroatoms. The maximum absolute atomic E-state index is 5.89. The summed E-state index contributed by atoms with van der Waals surface area (Å²) in [7, 11) is 2.17. The first-order chi connectivity index (χ1) is 8.13. The zero-order valence-electron chi connectivity index (χ0n) is 10.5. The number of nitrogens with two attached hydrogens (primary N) is 1. The molecular weight excluding hydrogens is 232 g/mol. The van der Waals surface area contributed by atoms with Gasteiger partial charge in [-0.25, -0.2) is 0 Å².